The lowest BCUT2D eigenvalue weighted by molar-refractivity contribution is -0.489. The molecule has 0 fully saturated rings. The van der Waals surface area contributed by atoms with Gasteiger partial charge >= 0.3 is 11.9 Å². The molecule has 1 aliphatic rings. The maximum absolute atomic E-state index is 11.2. The number of carboxylic acids is 2. The summed E-state index contributed by atoms with van der Waals surface area (Å²) in [5, 5.41) is 38.1. The Bertz CT molecular complexity index is 967. The predicted molar refractivity (Wildman–Crippen MR) is 88.3 cm³/mol. The standard InChI is InChI=1S/C17H14N2O6/c20-14-7-10-2-4-19(13(10)8-15(14)21)3-1-9-5-11(16(22)23)18-12(6-9)17(24)25/h1-5,7-8,12,20-21H,6H2,(H,22,23)(H,24,25)/p+1/t12-/m0/s1. The minimum atomic E-state index is -1.23. The molecule has 0 spiro atoms. The summed E-state index contributed by atoms with van der Waals surface area (Å²) < 4.78 is 1.67. The first kappa shape index (κ1) is 16.3. The normalized spacial score (nSPS) is 17.5. The second-order valence-corrected chi connectivity index (χ2v) is 5.62. The third kappa shape index (κ3) is 3.23. The number of phenols is 2. The van der Waals surface area contributed by atoms with Crippen molar-refractivity contribution in [1.29, 1.82) is 0 Å². The van der Waals surface area contributed by atoms with Crippen molar-refractivity contribution in [3.63, 3.8) is 0 Å². The Morgan fingerprint density at radius 3 is 2.60 bits per heavy atom. The molecular weight excluding hydrogens is 328 g/mol. The van der Waals surface area contributed by atoms with Crippen LogP contribution in [0.25, 0.3) is 17.1 Å². The van der Waals surface area contributed by atoms with Crippen LogP contribution in [0.3, 0.4) is 0 Å². The van der Waals surface area contributed by atoms with E-state index in [0.717, 1.165) is 0 Å². The fourth-order valence-corrected chi connectivity index (χ4v) is 2.64. The number of benzene rings is 1. The molecule has 0 radical (unpaired) electrons. The van der Waals surface area contributed by atoms with Gasteiger partial charge in [0.1, 0.15) is 0 Å². The van der Waals surface area contributed by atoms with E-state index in [2.05, 4.69) is 4.99 Å². The third-order valence-electron chi connectivity index (χ3n) is 3.89. The highest BCUT2D eigenvalue weighted by Crippen LogP contribution is 2.30. The molecule has 0 amide bonds. The number of fused-ring (bicyclic) bond motifs is 1. The molecule has 1 atom stereocenters. The van der Waals surface area contributed by atoms with Crippen molar-refractivity contribution in [2.24, 2.45) is 0 Å². The summed E-state index contributed by atoms with van der Waals surface area (Å²) in [6, 6.07) is 3.55. The summed E-state index contributed by atoms with van der Waals surface area (Å²) in [6.07, 6.45) is 6.47. The molecule has 0 unspecified atom stereocenters. The van der Waals surface area contributed by atoms with Crippen LogP contribution in [0.4, 0.5) is 0 Å². The van der Waals surface area contributed by atoms with Gasteiger partial charge in [0.15, 0.2) is 11.5 Å². The van der Waals surface area contributed by atoms with E-state index in [-0.39, 0.29) is 23.6 Å². The van der Waals surface area contributed by atoms with Crippen LogP contribution >= 0.6 is 0 Å². The van der Waals surface area contributed by atoms with Crippen molar-refractivity contribution in [3.8, 4) is 11.5 Å². The van der Waals surface area contributed by atoms with Crippen molar-refractivity contribution in [2.75, 3.05) is 0 Å². The first-order valence-electron chi connectivity index (χ1n) is 7.36. The Labute approximate surface area is 141 Å². The number of nitrogens with one attached hydrogen (secondary N) is 1. The Hall–Kier alpha value is -3.55. The summed E-state index contributed by atoms with van der Waals surface area (Å²) >= 11 is 0. The Balaban J connectivity index is 1.94. The maximum atomic E-state index is 11.2. The van der Waals surface area contributed by atoms with E-state index in [1.54, 1.807) is 29.1 Å². The smallest absolute Gasteiger partial charge is 0.400 e. The number of allylic oxidation sites excluding steroid dienone is 1. The van der Waals surface area contributed by atoms with Gasteiger partial charge in [-0.1, -0.05) is 0 Å². The lowest BCUT2D eigenvalue weighted by atomic mass is 10.0. The number of phenolic OH excluding ortho intramolecular Hbond substituents is 2. The first-order chi connectivity index (χ1) is 11.8. The largest absolute Gasteiger partial charge is 0.504 e. The number of hydrogen-bond donors (Lipinski definition) is 5. The molecule has 3 rings (SSSR count). The summed E-state index contributed by atoms with van der Waals surface area (Å²) in [5.74, 6) is -2.84. The van der Waals surface area contributed by atoms with Crippen LogP contribution in [0.1, 0.15) is 6.42 Å². The fourth-order valence-electron chi connectivity index (χ4n) is 2.64. The minimum absolute atomic E-state index is 0.133. The molecule has 0 bridgehead atoms. The lowest BCUT2D eigenvalue weighted by Gasteiger charge is -2.09. The zero-order chi connectivity index (χ0) is 18.1. The molecular formula is C17H15N2O6+. The summed E-state index contributed by atoms with van der Waals surface area (Å²) in [4.78, 5) is 24.8. The average molecular weight is 343 g/mol. The minimum Gasteiger partial charge on any atom is -0.504 e. The van der Waals surface area contributed by atoms with Gasteiger partial charge in [0, 0.05) is 36.3 Å². The van der Waals surface area contributed by atoms with Crippen LogP contribution in [-0.4, -0.2) is 48.7 Å². The Morgan fingerprint density at radius 2 is 1.92 bits per heavy atom. The average Bonchev–Trinajstić information content (AvgIpc) is 2.95. The van der Waals surface area contributed by atoms with E-state index in [4.69, 9.17) is 10.2 Å². The first-order valence-corrected chi connectivity index (χ1v) is 7.36. The highest BCUT2D eigenvalue weighted by atomic mass is 16.4. The van der Waals surface area contributed by atoms with Crippen LogP contribution in [0, 0.1) is 0 Å². The zero-order valence-electron chi connectivity index (χ0n) is 12.9. The molecule has 1 aromatic carbocycles. The number of aromatic nitrogens is 1. The Kier molecular flexibility index (Phi) is 4.02. The van der Waals surface area contributed by atoms with Gasteiger partial charge in [0.05, 0.1) is 5.52 Å². The van der Waals surface area contributed by atoms with Crippen molar-refractivity contribution in [2.45, 2.75) is 12.5 Å². The fraction of sp³-hybridized carbons (Fsp3) is 0.118. The second kappa shape index (κ2) is 6.16. The van der Waals surface area contributed by atoms with Crippen LogP contribution in [0.5, 0.6) is 11.5 Å². The van der Waals surface area contributed by atoms with Gasteiger partial charge in [-0.05, 0) is 23.8 Å². The predicted octanol–water partition coefficient (Wildman–Crippen LogP) is -0.0873. The van der Waals surface area contributed by atoms with Gasteiger partial charge in [-0.3, -0.25) is 0 Å². The number of aliphatic carboxylic acids is 2. The van der Waals surface area contributed by atoms with E-state index in [1.807, 2.05) is 0 Å². The molecule has 1 aromatic heterocycles. The molecule has 8 heteroatoms. The molecule has 8 nitrogen and oxygen atoms in total. The maximum Gasteiger partial charge on any atom is 0.400 e. The molecule has 0 saturated carbocycles. The number of nitrogens with zero attached hydrogens (tertiary/aromatic N) is 1. The van der Waals surface area contributed by atoms with Gasteiger partial charge in [-0.15, -0.1) is 0 Å². The second-order valence-electron chi connectivity index (χ2n) is 5.62. The lowest BCUT2D eigenvalue weighted by Crippen LogP contribution is -2.84. The van der Waals surface area contributed by atoms with E-state index < -0.39 is 18.0 Å². The van der Waals surface area contributed by atoms with E-state index in [1.165, 1.54) is 18.2 Å². The monoisotopic (exact) mass is 343 g/mol. The SMILES string of the molecule is O=C(O)C1=[NH+][C@H](C(=O)O)CC(C=Cn2ccc3cc(O)c(O)cc32)=C1. The van der Waals surface area contributed by atoms with Gasteiger partial charge in [0.25, 0.3) is 11.8 Å². The quantitative estimate of drug-likeness (QED) is 0.493. The van der Waals surface area contributed by atoms with Gasteiger partial charge in [0.2, 0.25) is 0 Å². The molecule has 5 N–H and O–H groups in total. The molecule has 2 heterocycles. The summed E-state index contributed by atoms with van der Waals surface area (Å²) in [6.45, 7) is 0. The summed E-state index contributed by atoms with van der Waals surface area (Å²) in [7, 11) is 0. The molecule has 0 aliphatic carbocycles. The molecule has 0 saturated heterocycles. The van der Waals surface area contributed by atoms with Gasteiger partial charge in [-0.2, -0.15) is 0 Å². The topological polar surface area (TPSA) is 134 Å². The van der Waals surface area contributed by atoms with E-state index >= 15 is 0 Å². The van der Waals surface area contributed by atoms with E-state index in [9.17, 15) is 19.8 Å². The highest BCUT2D eigenvalue weighted by Gasteiger charge is 2.30. The van der Waals surface area contributed by atoms with Crippen molar-refractivity contribution in [3.05, 3.63) is 42.1 Å². The van der Waals surface area contributed by atoms with Crippen LogP contribution in [0.15, 0.2) is 42.1 Å². The molecule has 25 heavy (non-hydrogen) atoms. The highest BCUT2D eigenvalue weighted by molar-refractivity contribution is 6.38. The number of hydrogen-bond acceptors (Lipinski definition) is 4. The van der Waals surface area contributed by atoms with Crippen LogP contribution in [-0.2, 0) is 9.59 Å². The zero-order valence-corrected chi connectivity index (χ0v) is 12.9. The van der Waals surface area contributed by atoms with Crippen LogP contribution < -0.4 is 4.99 Å². The molecule has 128 valence electrons. The Morgan fingerprint density at radius 1 is 1.20 bits per heavy atom. The molecule has 2 aromatic rings. The van der Waals surface area contributed by atoms with Gasteiger partial charge in [-0.25, -0.2) is 14.6 Å². The molecule has 1 aliphatic heterocycles. The van der Waals surface area contributed by atoms with E-state index in [0.29, 0.717) is 16.5 Å². The van der Waals surface area contributed by atoms with Crippen LogP contribution in [0.2, 0.25) is 0 Å². The number of aromatic hydroxyl groups is 2. The van der Waals surface area contributed by atoms with Gasteiger partial charge < -0.3 is 25.0 Å². The van der Waals surface area contributed by atoms with Crippen molar-refractivity contribution >= 4 is 34.8 Å². The number of rotatable bonds is 4. The van der Waals surface area contributed by atoms with Crippen molar-refractivity contribution < 1.29 is 35.0 Å². The summed E-state index contributed by atoms with van der Waals surface area (Å²) in [5.41, 5.74) is 0.991. The number of carboxylic acid groups (broad SMARTS) is 2. The number of carbonyl (C=O) groups is 2. The van der Waals surface area contributed by atoms with Crippen molar-refractivity contribution in [1.82, 2.24) is 4.57 Å². The third-order valence-corrected chi connectivity index (χ3v) is 3.89.